The van der Waals surface area contributed by atoms with Crippen molar-refractivity contribution in [2.45, 2.75) is 12.7 Å². The van der Waals surface area contributed by atoms with E-state index in [9.17, 15) is 8.42 Å². The van der Waals surface area contributed by atoms with Gasteiger partial charge in [0.15, 0.2) is 0 Å². The van der Waals surface area contributed by atoms with E-state index in [0.29, 0.717) is 0 Å². The molecule has 104 valence electrons. The first-order chi connectivity index (χ1) is 8.94. The Kier molecular flexibility index (Phi) is 4.97. The molecule has 19 heavy (non-hydrogen) atoms. The highest BCUT2D eigenvalue weighted by Crippen LogP contribution is 2.34. The van der Waals surface area contributed by atoms with Gasteiger partial charge in [0.1, 0.15) is 14.2 Å². The largest absolute Gasteiger partial charge is 0.235 e. The summed E-state index contributed by atoms with van der Waals surface area (Å²) in [7, 11) is -2.88. The average Bonchev–Trinajstić information content (AvgIpc) is 2.34. The zero-order valence-electron chi connectivity index (χ0n) is 11.0. The predicted octanol–water partition coefficient (Wildman–Crippen LogP) is 3.33. The Labute approximate surface area is 123 Å². The summed E-state index contributed by atoms with van der Waals surface area (Å²) < 4.78 is 23.5. The third-order valence-corrected chi connectivity index (χ3v) is 6.38. The van der Waals surface area contributed by atoms with Gasteiger partial charge in [0, 0.05) is 17.8 Å². The van der Waals surface area contributed by atoms with Gasteiger partial charge < -0.3 is 0 Å². The Morgan fingerprint density at radius 3 is 2.89 bits per heavy atom. The number of fused-ring (bicyclic) bond motifs is 1. The topological polar surface area (TPSA) is 46.5 Å². The molecule has 0 saturated heterocycles. The number of sulfone groups is 1. The van der Waals surface area contributed by atoms with E-state index in [2.05, 4.69) is 11.1 Å². The Balaban J connectivity index is 1.93. The molecule has 0 unspecified atom stereocenters. The molecule has 0 spiro atoms. The van der Waals surface area contributed by atoms with E-state index in [-0.39, 0.29) is 11.7 Å². The van der Waals surface area contributed by atoms with Crippen LogP contribution in [0, 0.1) is 5.92 Å². The van der Waals surface area contributed by atoms with Crippen molar-refractivity contribution in [1.29, 1.82) is 0 Å². The van der Waals surface area contributed by atoms with E-state index < -0.39 is 9.84 Å². The molecule has 0 N–H and O–H groups in total. The average molecular weight is 315 g/mol. The molecule has 1 atom stereocenters. The van der Waals surface area contributed by atoms with Crippen LogP contribution < -0.4 is 0 Å². The second kappa shape index (κ2) is 6.33. The fourth-order valence-electron chi connectivity index (χ4n) is 1.86. The lowest BCUT2D eigenvalue weighted by atomic mass is 10.2. The minimum absolute atomic E-state index is 0.153. The summed E-state index contributed by atoms with van der Waals surface area (Å²) in [5.74, 6) is 2.14. The number of rotatable bonds is 4. The minimum Gasteiger partial charge on any atom is -0.235 e. The maximum atomic E-state index is 11.2. The molecule has 0 radical (unpaired) electrons. The van der Waals surface area contributed by atoms with Gasteiger partial charge in [-0.3, -0.25) is 0 Å². The first-order valence-electron chi connectivity index (χ1n) is 6.04. The van der Waals surface area contributed by atoms with Crippen molar-refractivity contribution >= 4 is 43.4 Å². The number of aliphatic imine (C=N–C) groups is 1. The second-order valence-electron chi connectivity index (χ2n) is 4.80. The van der Waals surface area contributed by atoms with Crippen LogP contribution in [0.4, 0.5) is 5.69 Å². The fourth-order valence-corrected chi connectivity index (χ4v) is 5.27. The molecule has 1 aromatic rings. The Morgan fingerprint density at radius 1 is 1.42 bits per heavy atom. The molecule has 1 aliphatic rings. The molecule has 0 aliphatic carbocycles. The van der Waals surface area contributed by atoms with E-state index in [1.165, 1.54) is 11.8 Å². The van der Waals surface area contributed by atoms with Crippen LogP contribution in [0.15, 0.2) is 29.3 Å². The number of hydrogen-bond donors (Lipinski definition) is 0. The summed E-state index contributed by atoms with van der Waals surface area (Å²) in [6.07, 6.45) is 1.29. The van der Waals surface area contributed by atoms with Gasteiger partial charge in [0.25, 0.3) is 0 Å². The summed E-state index contributed by atoms with van der Waals surface area (Å²) in [5.41, 5.74) is 2.31. The van der Waals surface area contributed by atoms with Gasteiger partial charge in [-0.1, -0.05) is 48.6 Å². The van der Waals surface area contributed by atoms with Crippen LogP contribution >= 0.6 is 23.5 Å². The summed E-state index contributed by atoms with van der Waals surface area (Å²) >= 11 is 3.39. The third kappa shape index (κ3) is 4.85. The summed E-state index contributed by atoms with van der Waals surface area (Å²) in [5, 5.41) is 0. The van der Waals surface area contributed by atoms with E-state index in [1.54, 1.807) is 23.5 Å². The molecule has 0 bridgehead atoms. The van der Waals surface area contributed by atoms with Crippen molar-refractivity contribution in [3.05, 3.63) is 29.8 Å². The molecule has 1 heterocycles. The molecule has 0 amide bonds. The van der Waals surface area contributed by atoms with Crippen LogP contribution in [0.3, 0.4) is 0 Å². The Morgan fingerprint density at radius 2 is 2.16 bits per heavy atom. The van der Waals surface area contributed by atoms with Crippen molar-refractivity contribution in [3.8, 4) is 0 Å². The van der Waals surface area contributed by atoms with E-state index >= 15 is 0 Å². The lowest BCUT2D eigenvalue weighted by molar-refractivity contribution is 0.589. The standard InChI is InChI=1S/C13H17NO2S3/c1-10(9-19(2,15)16)7-17-13-14-12-6-4-3-5-11(12)8-18-13/h3-6,10H,7-9H2,1-2H3/t10-/m1/s1. The van der Waals surface area contributed by atoms with Crippen LogP contribution in [0.1, 0.15) is 12.5 Å². The highest BCUT2D eigenvalue weighted by atomic mass is 32.2. The van der Waals surface area contributed by atoms with Crippen LogP contribution in [-0.2, 0) is 15.6 Å². The van der Waals surface area contributed by atoms with Gasteiger partial charge in [-0.05, 0) is 17.5 Å². The minimum atomic E-state index is -2.88. The third-order valence-electron chi connectivity index (χ3n) is 2.63. The maximum Gasteiger partial charge on any atom is 0.147 e. The molecular formula is C13H17NO2S3. The van der Waals surface area contributed by atoms with Crippen LogP contribution in [-0.4, -0.2) is 30.6 Å². The van der Waals surface area contributed by atoms with Crippen molar-refractivity contribution in [3.63, 3.8) is 0 Å². The quantitative estimate of drug-likeness (QED) is 0.855. The molecule has 0 saturated carbocycles. The van der Waals surface area contributed by atoms with Gasteiger partial charge >= 0.3 is 0 Å². The molecule has 1 aliphatic heterocycles. The Bertz CT molecular complexity index is 581. The first-order valence-corrected chi connectivity index (χ1v) is 10.1. The van der Waals surface area contributed by atoms with Crippen molar-refractivity contribution in [2.75, 3.05) is 17.8 Å². The number of benzene rings is 1. The number of nitrogens with zero attached hydrogens (tertiary/aromatic N) is 1. The van der Waals surface area contributed by atoms with Crippen molar-refractivity contribution < 1.29 is 8.42 Å². The molecule has 0 aromatic heterocycles. The molecule has 3 nitrogen and oxygen atoms in total. The zero-order chi connectivity index (χ0) is 13.9. The zero-order valence-corrected chi connectivity index (χ0v) is 13.4. The first kappa shape index (κ1) is 14.9. The number of para-hydroxylation sites is 1. The maximum absolute atomic E-state index is 11.2. The normalized spacial score (nSPS) is 16.6. The monoisotopic (exact) mass is 315 g/mol. The van der Waals surface area contributed by atoms with Crippen molar-refractivity contribution in [1.82, 2.24) is 0 Å². The Hall–Kier alpha value is -0.460. The molecule has 1 aromatic carbocycles. The number of thioether (sulfide) groups is 2. The van der Waals surface area contributed by atoms with Crippen molar-refractivity contribution in [2.24, 2.45) is 10.9 Å². The molecule has 6 heteroatoms. The van der Waals surface area contributed by atoms with E-state index in [0.717, 1.165) is 21.6 Å². The van der Waals surface area contributed by atoms with Crippen LogP contribution in [0.2, 0.25) is 0 Å². The molecular weight excluding hydrogens is 298 g/mol. The molecule has 0 fully saturated rings. The smallest absolute Gasteiger partial charge is 0.147 e. The van der Waals surface area contributed by atoms with E-state index in [1.807, 2.05) is 25.1 Å². The molecule has 2 rings (SSSR count). The number of hydrogen-bond acceptors (Lipinski definition) is 5. The summed E-state index contributed by atoms with van der Waals surface area (Å²) in [6, 6.07) is 8.14. The summed E-state index contributed by atoms with van der Waals surface area (Å²) in [4.78, 5) is 4.61. The van der Waals surface area contributed by atoms with Gasteiger partial charge in [-0.2, -0.15) is 0 Å². The summed E-state index contributed by atoms with van der Waals surface area (Å²) in [6.45, 7) is 1.97. The highest BCUT2D eigenvalue weighted by molar-refractivity contribution is 8.38. The lowest BCUT2D eigenvalue weighted by Crippen LogP contribution is -2.14. The second-order valence-corrected chi connectivity index (χ2v) is 9.22. The predicted molar refractivity (Wildman–Crippen MR) is 86.2 cm³/mol. The lowest BCUT2D eigenvalue weighted by Gasteiger charge is -2.15. The van der Waals surface area contributed by atoms with E-state index in [4.69, 9.17) is 0 Å². The van der Waals surface area contributed by atoms with Crippen LogP contribution in [0.5, 0.6) is 0 Å². The SMILES string of the molecule is C[C@H](CSC1=Nc2ccccc2CS1)CS(C)(=O)=O. The van der Waals surface area contributed by atoms with Crippen LogP contribution in [0.25, 0.3) is 0 Å². The fraction of sp³-hybridized carbons (Fsp3) is 0.462. The van der Waals surface area contributed by atoms with Gasteiger partial charge in [0.05, 0.1) is 11.4 Å². The van der Waals surface area contributed by atoms with Gasteiger partial charge in [0.2, 0.25) is 0 Å². The highest BCUT2D eigenvalue weighted by Gasteiger charge is 2.15. The van der Waals surface area contributed by atoms with Gasteiger partial charge in [-0.25, -0.2) is 13.4 Å². The van der Waals surface area contributed by atoms with Gasteiger partial charge in [-0.15, -0.1) is 0 Å².